The van der Waals surface area contributed by atoms with Crippen LogP contribution in [-0.4, -0.2) is 34.0 Å². The topological polar surface area (TPSA) is 66.8 Å². The summed E-state index contributed by atoms with van der Waals surface area (Å²) < 4.78 is 6.20. The average Bonchev–Trinajstić information content (AvgIpc) is 2.68. The van der Waals surface area contributed by atoms with Crippen molar-refractivity contribution >= 4 is 35.1 Å². The Hall–Kier alpha value is -2.08. The number of hydrogen-bond donors (Lipinski definition) is 1. The Morgan fingerprint density at radius 3 is 2.42 bits per heavy atom. The van der Waals surface area contributed by atoms with Crippen molar-refractivity contribution < 1.29 is 19.4 Å². The standard InChI is InChI=1S/C24H25Cl2NO4/c1-14(15-4-2-5-15)27-22(16-8-10-18(25)11-9-16)23(17-6-3-7-19(26)12-17)31-20(24(27)30)13-21(28)29/h3,6-12,14-15,20,22-23H,2,4-5,13H2,1H3,(H,28,29)/t14-,20-,22-,23-/m1/s1. The number of carbonyl (C=O) groups is 2. The molecule has 1 saturated heterocycles. The highest BCUT2D eigenvalue weighted by Crippen LogP contribution is 2.46. The van der Waals surface area contributed by atoms with Crippen molar-refractivity contribution in [1.82, 2.24) is 4.90 Å². The van der Waals surface area contributed by atoms with E-state index < -0.39 is 24.2 Å². The molecule has 2 aromatic rings. The minimum absolute atomic E-state index is 0.0381. The molecule has 0 bridgehead atoms. The third-order valence-corrected chi connectivity index (χ3v) is 6.93. The number of benzene rings is 2. The van der Waals surface area contributed by atoms with Crippen molar-refractivity contribution in [2.24, 2.45) is 5.92 Å². The molecule has 0 unspecified atom stereocenters. The number of carboxylic acid groups (broad SMARTS) is 1. The van der Waals surface area contributed by atoms with E-state index in [0.29, 0.717) is 16.0 Å². The quantitative estimate of drug-likeness (QED) is 0.601. The number of carboxylic acids is 1. The van der Waals surface area contributed by atoms with Gasteiger partial charge < -0.3 is 14.7 Å². The lowest BCUT2D eigenvalue weighted by molar-refractivity contribution is -0.185. The highest BCUT2D eigenvalue weighted by molar-refractivity contribution is 6.30. The molecule has 4 rings (SSSR count). The molecule has 2 aliphatic rings. The minimum Gasteiger partial charge on any atom is -0.481 e. The fourth-order valence-corrected chi connectivity index (χ4v) is 4.92. The monoisotopic (exact) mass is 461 g/mol. The number of rotatable bonds is 6. The zero-order valence-corrected chi connectivity index (χ0v) is 18.7. The van der Waals surface area contributed by atoms with Crippen molar-refractivity contribution in [3.05, 3.63) is 69.7 Å². The summed E-state index contributed by atoms with van der Waals surface area (Å²) in [7, 11) is 0. The second-order valence-electron chi connectivity index (χ2n) is 8.37. The maximum Gasteiger partial charge on any atom is 0.306 e. The minimum atomic E-state index is -1.07. The summed E-state index contributed by atoms with van der Waals surface area (Å²) in [6.07, 6.45) is 1.29. The molecule has 1 heterocycles. The van der Waals surface area contributed by atoms with Crippen LogP contribution in [0.1, 0.15) is 55.9 Å². The van der Waals surface area contributed by atoms with Gasteiger partial charge in [-0.05, 0) is 61.1 Å². The molecule has 2 aromatic carbocycles. The van der Waals surface area contributed by atoms with Crippen LogP contribution in [0.4, 0.5) is 0 Å². The van der Waals surface area contributed by atoms with Gasteiger partial charge in [-0.2, -0.15) is 0 Å². The molecule has 0 radical (unpaired) electrons. The average molecular weight is 462 g/mol. The van der Waals surface area contributed by atoms with Crippen molar-refractivity contribution in [3.8, 4) is 0 Å². The Bertz CT molecular complexity index is 960. The van der Waals surface area contributed by atoms with Crippen molar-refractivity contribution in [2.75, 3.05) is 0 Å². The highest BCUT2D eigenvalue weighted by Gasteiger charge is 2.48. The van der Waals surface area contributed by atoms with Gasteiger partial charge >= 0.3 is 5.97 Å². The van der Waals surface area contributed by atoms with Crippen LogP contribution in [0.3, 0.4) is 0 Å². The van der Waals surface area contributed by atoms with Crippen molar-refractivity contribution in [2.45, 2.75) is 56.9 Å². The van der Waals surface area contributed by atoms with Crippen LogP contribution in [-0.2, 0) is 14.3 Å². The van der Waals surface area contributed by atoms with E-state index in [-0.39, 0.29) is 18.4 Å². The van der Waals surface area contributed by atoms with Gasteiger partial charge in [0.1, 0.15) is 12.2 Å². The molecule has 164 valence electrons. The first-order chi connectivity index (χ1) is 14.8. The van der Waals surface area contributed by atoms with E-state index in [0.717, 1.165) is 30.4 Å². The molecular weight excluding hydrogens is 437 g/mol. The lowest BCUT2D eigenvalue weighted by atomic mass is 9.78. The SMILES string of the molecule is C[C@H](C1CCC1)N1C(=O)[C@@H](CC(=O)O)O[C@H](c2cccc(Cl)c2)[C@H]1c1ccc(Cl)cc1. The fraction of sp³-hybridized carbons (Fsp3) is 0.417. The maximum atomic E-state index is 13.5. The second-order valence-corrected chi connectivity index (χ2v) is 9.24. The maximum absolute atomic E-state index is 13.5. The van der Waals surface area contributed by atoms with E-state index in [1.54, 1.807) is 18.2 Å². The largest absolute Gasteiger partial charge is 0.481 e. The van der Waals surface area contributed by atoms with E-state index in [1.807, 2.05) is 35.2 Å². The Kier molecular flexibility index (Phi) is 6.56. The summed E-state index contributed by atoms with van der Waals surface area (Å²) in [5.41, 5.74) is 1.70. The Morgan fingerprint density at radius 2 is 1.84 bits per heavy atom. The third-order valence-electron chi connectivity index (χ3n) is 6.45. The van der Waals surface area contributed by atoms with Gasteiger partial charge in [-0.1, -0.05) is 53.9 Å². The molecule has 0 spiro atoms. The number of halogens is 2. The Morgan fingerprint density at radius 1 is 1.13 bits per heavy atom. The van der Waals surface area contributed by atoms with Crippen molar-refractivity contribution in [3.63, 3.8) is 0 Å². The Labute approximate surface area is 191 Å². The number of hydrogen-bond acceptors (Lipinski definition) is 3. The predicted octanol–water partition coefficient (Wildman–Crippen LogP) is 5.67. The number of nitrogens with zero attached hydrogens (tertiary/aromatic N) is 1. The summed E-state index contributed by atoms with van der Waals surface area (Å²) in [5.74, 6) is -0.952. The summed E-state index contributed by atoms with van der Waals surface area (Å²) in [6.45, 7) is 2.06. The summed E-state index contributed by atoms with van der Waals surface area (Å²) in [5, 5.41) is 10.6. The van der Waals surface area contributed by atoms with Crippen LogP contribution < -0.4 is 0 Å². The summed E-state index contributed by atoms with van der Waals surface area (Å²) >= 11 is 12.4. The van der Waals surface area contributed by atoms with Crippen LogP contribution in [0, 0.1) is 5.92 Å². The van der Waals surface area contributed by atoms with Crippen molar-refractivity contribution in [1.29, 1.82) is 0 Å². The first-order valence-corrected chi connectivity index (χ1v) is 11.3. The van der Waals surface area contributed by atoms with Gasteiger partial charge in [0.15, 0.2) is 0 Å². The molecule has 1 aliphatic carbocycles. The van der Waals surface area contributed by atoms with Crippen LogP contribution in [0.15, 0.2) is 48.5 Å². The van der Waals surface area contributed by atoms with Gasteiger partial charge in [0.05, 0.1) is 12.5 Å². The first-order valence-electron chi connectivity index (χ1n) is 10.6. The van der Waals surface area contributed by atoms with Crippen LogP contribution in [0.25, 0.3) is 0 Å². The molecule has 1 aliphatic heterocycles. The lowest BCUT2D eigenvalue weighted by Crippen LogP contribution is -2.56. The molecule has 4 atom stereocenters. The zero-order chi connectivity index (χ0) is 22.1. The van der Waals surface area contributed by atoms with Gasteiger partial charge in [-0.3, -0.25) is 9.59 Å². The van der Waals surface area contributed by atoms with Gasteiger partial charge in [0.2, 0.25) is 0 Å². The van der Waals surface area contributed by atoms with Crippen LogP contribution in [0.2, 0.25) is 10.0 Å². The van der Waals surface area contributed by atoms with E-state index in [2.05, 4.69) is 6.92 Å². The van der Waals surface area contributed by atoms with E-state index in [9.17, 15) is 14.7 Å². The molecule has 31 heavy (non-hydrogen) atoms. The van der Waals surface area contributed by atoms with Gasteiger partial charge in [0.25, 0.3) is 5.91 Å². The van der Waals surface area contributed by atoms with Crippen LogP contribution in [0.5, 0.6) is 0 Å². The number of morpholine rings is 1. The molecular formula is C24H25Cl2NO4. The third kappa shape index (κ3) is 4.59. The Balaban J connectivity index is 1.82. The lowest BCUT2D eigenvalue weighted by Gasteiger charge is -2.50. The molecule has 0 aromatic heterocycles. The summed E-state index contributed by atoms with van der Waals surface area (Å²) in [4.78, 5) is 26.9. The fourth-order valence-electron chi connectivity index (χ4n) is 4.60. The number of amides is 1. The molecule has 2 fully saturated rings. The molecule has 1 amide bonds. The normalized spacial score (nSPS) is 25.2. The number of ether oxygens (including phenoxy) is 1. The predicted molar refractivity (Wildman–Crippen MR) is 119 cm³/mol. The van der Waals surface area contributed by atoms with Gasteiger partial charge in [-0.25, -0.2) is 0 Å². The van der Waals surface area contributed by atoms with E-state index in [4.69, 9.17) is 27.9 Å². The molecule has 1 saturated carbocycles. The van der Waals surface area contributed by atoms with E-state index in [1.165, 1.54) is 0 Å². The van der Waals surface area contributed by atoms with Gasteiger partial charge in [-0.15, -0.1) is 0 Å². The van der Waals surface area contributed by atoms with E-state index >= 15 is 0 Å². The highest BCUT2D eigenvalue weighted by atomic mass is 35.5. The molecule has 5 nitrogen and oxygen atoms in total. The smallest absolute Gasteiger partial charge is 0.306 e. The first kappa shape index (κ1) is 22.1. The molecule has 1 N–H and O–H groups in total. The zero-order valence-electron chi connectivity index (χ0n) is 17.2. The molecule has 7 heteroatoms. The number of carbonyl (C=O) groups excluding carboxylic acids is 1. The van der Waals surface area contributed by atoms with Crippen LogP contribution >= 0.6 is 23.2 Å². The van der Waals surface area contributed by atoms with Gasteiger partial charge in [0, 0.05) is 16.1 Å². The number of aliphatic carboxylic acids is 1. The summed E-state index contributed by atoms with van der Waals surface area (Å²) in [6, 6.07) is 14.3. The second kappa shape index (κ2) is 9.19.